The van der Waals surface area contributed by atoms with Crippen molar-refractivity contribution in [3.63, 3.8) is 0 Å². The largest absolute Gasteiger partial charge is 0.256 e. The zero-order chi connectivity index (χ0) is 15.8. The standard InChI is InChI=1S/C20H29NP/c1-4-14-22(15-5-2,16-6-3)19-11-9-10-18(17-19)20-12-7-8-13-21-20/h7-13,17H,4-6,14-16H2,1-3H3/q+1. The molecule has 22 heavy (non-hydrogen) atoms. The molecule has 0 bridgehead atoms. The number of hydrogen-bond acceptors (Lipinski definition) is 1. The van der Waals surface area contributed by atoms with E-state index in [1.54, 1.807) is 5.30 Å². The number of rotatable bonds is 8. The van der Waals surface area contributed by atoms with Crippen molar-refractivity contribution in [2.75, 3.05) is 18.5 Å². The van der Waals surface area contributed by atoms with Crippen LogP contribution in [0.5, 0.6) is 0 Å². The maximum Gasteiger partial charge on any atom is 0.0946 e. The van der Waals surface area contributed by atoms with Gasteiger partial charge in [-0.05, 0) is 43.5 Å². The fourth-order valence-corrected chi connectivity index (χ4v) is 8.33. The number of benzene rings is 1. The molecule has 118 valence electrons. The molecule has 2 heteroatoms. The smallest absolute Gasteiger partial charge is 0.0946 e. The molecule has 0 saturated heterocycles. The second kappa shape index (κ2) is 8.44. The topological polar surface area (TPSA) is 12.9 Å². The van der Waals surface area contributed by atoms with Gasteiger partial charge in [0.05, 0.1) is 29.5 Å². The fraction of sp³-hybridized carbons (Fsp3) is 0.450. The summed E-state index contributed by atoms with van der Waals surface area (Å²) < 4.78 is 0. The lowest BCUT2D eigenvalue weighted by molar-refractivity contribution is 1.01. The zero-order valence-corrected chi connectivity index (χ0v) is 15.2. The fourth-order valence-electron chi connectivity index (χ4n) is 3.50. The Hall–Kier alpha value is -1.20. The molecule has 1 aromatic carbocycles. The maximum absolute atomic E-state index is 4.52. The van der Waals surface area contributed by atoms with Crippen LogP contribution in [-0.2, 0) is 0 Å². The van der Waals surface area contributed by atoms with Crippen LogP contribution in [0.2, 0.25) is 0 Å². The van der Waals surface area contributed by atoms with E-state index in [0.717, 1.165) is 5.69 Å². The second-order valence-corrected chi connectivity index (χ2v) is 10.2. The molecule has 0 unspecified atom stereocenters. The SMILES string of the molecule is CCC[P+](CCC)(CCC)c1cccc(-c2ccccn2)c1. The van der Waals surface area contributed by atoms with Crippen molar-refractivity contribution < 1.29 is 0 Å². The van der Waals surface area contributed by atoms with Crippen LogP contribution in [0.3, 0.4) is 0 Å². The van der Waals surface area contributed by atoms with Gasteiger partial charge in [-0.25, -0.2) is 0 Å². The van der Waals surface area contributed by atoms with Crippen LogP contribution < -0.4 is 5.30 Å². The molecule has 0 radical (unpaired) electrons. The van der Waals surface area contributed by atoms with Crippen LogP contribution in [0.15, 0.2) is 48.7 Å². The molecule has 0 saturated carbocycles. The van der Waals surface area contributed by atoms with E-state index >= 15 is 0 Å². The summed E-state index contributed by atoms with van der Waals surface area (Å²) in [5.74, 6) is 0. The molecule has 0 aliphatic carbocycles. The highest BCUT2D eigenvalue weighted by Crippen LogP contribution is 2.59. The van der Waals surface area contributed by atoms with Crippen LogP contribution in [0.25, 0.3) is 11.3 Å². The molecule has 1 aromatic heterocycles. The minimum absolute atomic E-state index is 1.02. The van der Waals surface area contributed by atoms with Crippen LogP contribution >= 0.6 is 7.26 Å². The van der Waals surface area contributed by atoms with Gasteiger partial charge in [0.2, 0.25) is 0 Å². The van der Waals surface area contributed by atoms with Crippen molar-refractivity contribution in [3.8, 4) is 11.3 Å². The van der Waals surface area contributed by atoms with Crippen molar-refractivity contribution in [2.24, 2.45) is 0 Å². The molecule has 0 spiro atoms. The number of nitrogens with zero attached hydrogens (tertiary/aromatic N) is 1. The summed E-state index contributed by atoms with van der Waals surface area (Å²) in [5.41, 5.74) is 2.36. The van der Waals surface area contributed by atoms with E-state index in [4.69, 9.17) is 0 Å². The highest BCUT2D eigenvalue weighted by Gasteiger charge is 2.37. The molecular formula is C20H29NP+. The summed E-state index contributed by atoms with van der Waals surface area (Å²) in [5, 5.41) is 1.61. The Morgan fingerprint density at radius 1 is 0.818 bits per heavy atom. The van der Waals surface area contributed by atoms with Crippen LogP contribution in [0.1, 0.15) is 40.0 Å². The number of aromatic nitrogens is 1. The first-order valence-electron chi connectivity index (χ1n) is 8.64. The summed E-state index contributed by atoms with van der Waals surface area (Å²) in [6.45, 7) is 7.01. The first-order chi connectivity index (χ1) is 10.8. The summed E-state index contributed by atoms with van der Waals surface area (Å²) in [7, 11) is -1.02. The quantitative estimate of drug-likeness (QED) is 0.576. The first kappa shape index (κ1) is 17.2. The Bertz CT molecular complexity index is 548. The first-order valence-corrected chi connectivity index (χ1v) is 11.0. The highest BCUT2D eigenvalue weighted by atomic mass is 31.2. The van der Waals surface area contributed by atoms with Gasteiger partial charge in [-0.1, -0.05) is 39.0 Å². The Balaban J connectivity index is 2.43. The van der Waals surface area contributed by atoms with Crippen LogP contribution in [-0.4, -0.2) is 23.5 Å². The lowest BCUT2D eigenvalue weighted by Gasteiger charge is -2.27. The zero-order valence-electron chi connectivity index (χ0n) is 14.3. The minimum atomic E-state index is -1.02. The molecule has 1 heterocycles. The van der Waals surface area contributed by atoms with Crippen molar-refractivity contribution >= 4 is 12.6 Å². The van der Waals surface area contributed by atoms with E-state index < -0.39 is 7.26 Å². The van der Waals surface area contributed by atoms with Gasteiger partial charge in [0.1, 0.15) is 0 Å². The normalized spacial score (nSPS) is 11.6. The monoisotopic (exact) mass is 314 g/mol. The molecule has 0 atom stereocenters. The second-order valence-electron chi connectivity index (χ2n) is 6.08. The molecular weight excluding hydrogens is 285 g/mol. The van der Waals surface area contributed by atoms with Crippen molar-refractivity contribution in [1.29, 1.82) is 0 Å². The Kier molecular flexibility index (Phi) is 6.58. The highest BCUT2D eigenvalue weighted by molar-refractivity contribution is 7.82. The van der Waals surface area contributed by atoms with E-state index in [2.05, 4.69) is 62.2 Å². The average molecular weight is 314 g/mol. The van der Waals surface area contributed by atoms with Crippen molar-refractivity contribution in [3.05, 3.63) is 48.7 Å². The number of hydrogen-bond donors (Lipinski definition) is 0. The lowest BCUT2D eigenvalue weighted by atomic mass is 10.1. The summed E-state index contributed by atoms with van der Waals surface area (Å²) in [6.07, 6.45) is 9.93. The predicted octanol–water partition coefficient (Wildman–Crippen LogP) is 5.62. The third kappa shape index (κ3) is 3.96. The lowest BCUT2D eigenvalue weighted by Crippen LogP contribution is -2.20. The summed E-state index contributed by atoms with van der Waals surface area (Å²) in [6, 6.07) is 15.4. The predicted molar refractivity (Wildman–Crippen MR) is 102 cm³/mol. The molecule has 2 aromatic rings. The van der Waals surface area contributed by atoms with Gasteiger partial charge < -0.3 is 0 Å². The van der Waals surface area contributed by atoms with E-state index in [9.17, 15) is 0 Å². The molecule has 0 aliphatic heterocycles. The third-order valence-corrected chi connectivity index (χ3v) is 9.59. The Labute approximate surface area is 136 Å². The van der Waals surface area contributed by atoms with Crippen molar-refractivity contribution in [2.45, 2.75) is 40.0 Å². The Morgan fingerprint density at radius 2 is 1.50 bits per heavy atom. The van der Waals surface area contributed by atoms with Crippen LogP contribution in [0.4, 0.5) is 0 Å². The van der Waals surface area contributed by atoms with Gasteiger partial charge in [-0.2, -0.15) is 0 Å². The molecule has 0 aliphatic rings. The van der Waals surface area contributed by atoms with Gasteiger partial charge >= 0.3 is 0 Å². The van der Waals surface area contributed by atoms with Gasteiger partial charge in [0.15, 0.2) is 0 Å². The van der Waals surface area contributed by atoms with Crippen molar-refractivity contribution in [1.82, 2.24) is 4.98 Å². The minimum Gasteiger partial charge on any atom is -0.256 e. The maximum atomic E-state index is 4.52. The Morgan fingerprint density at radius 3 is 2.05 bits per heavy atom. The summed E-state index contributed by atoms with van der Waals surface area (Å²) in [4.78, 5) is 4.52. The van der Waals surface area contributed by atoms with Gasteiger partial charge in [-0.15, -0.1) is 0 Å². The van der Waals surface area contributed by atoms with E-state index in [-0.39, 0.29) is 0 Å². The van der Waals surface area contributed by atoms with Gasteiger partial charge in [0.25, 0.3) is 0 Å². The van der Waals surface area contributed by atoms with Gasteiger partial charge in [0, 0.05) is 19.0 Å². The van der Waals surface area contributed by atoms with Crippen LogP contribution in [0, 0.1) is 0 Å². The van der Waals surface area contributed by atoms with Gasteiger partial charge in [-0.3, -0.25) is 4.98 Å². The average Bonchev–Trinajstić information content (AvgIpc) is 2.56. The molecule has 0 amide bonds. The number of pyridine rings is 1. The van der Waals surface area contributed by atoms with E-state index in [1.165, 1.54) is 43.3 Å². The molecule has 0 N–H and O–H groups in total. The van der Waals surface area contributed by atoms with E-state index in [1.807, 2.05) is 12.3 Å². The molecule has 2 rings (SSSR count). The molecule has 1 nitrogen and oxygen atoms in total. The third-order valence-electron chi connectivity index (χ3n) is 4.31. The molecule has 0 fully saturated rings. The van der Waals surface area contributed by atoms with E-state index in [0.29, 0.717) is 0 Å². The summed E-state index contributed by atoms with van der Waals surface area (Å²) >= 11 is 0.